The topological polar surface area (TPSA) is 82.5 Å². The van der Waals surface area contributed by atoms with E-state index in [1.54, 1.807) is 50.9 Å². The lowest BCUT2D eigenvalue weighted by molar-refractivity contribution is 0.395. The molecule has 1 aromatic heterocycles. The molecule has 0 fully saturated rings. The summed E-state index contributed by atoms with van der Waals surface area (Å²) in [5.74, 6) is 1.22. The van der Waals surface area contributed by atoms with Gasteiger partial charge < -0.3 is 9.47 Å². The first-order chi connectivity index (χ1) is 11.3. The smallest absolute Gasteiger partial charge is 0.244 e. The fourth-order valence-corrected chi connectivity index (χ4v) is 3.95. The number of sulfonamides is 1. The molecule has 0 aliphatic rings. The molecule has 8 heteroatoms. The van der Waals surface area contributed by atoms with Crippen LogP contribution >= 0.6 is 0 Å². The molecule has 0 saturated carbocycles. The average Bonchev–Trinajstić information content (AvgIpc) is 2.95. The Morgan fingerprint density at radius 3 is 2.54 bits per heavy atom. The monoisotopic (exact) mass is 353 g/mol. The Morgan fingerprint density at radius 1 is 1.29 bits per heavy atom. The van der Waals surface area contributed by atoms with Gasteiger partial charge in [0.25, 0.3) is 0 Å². The molecule has 0 unspecified atom stereocenters. The summed E-state index contributed by atoms with van der Waals surface area (Å²) in [5, 5.41) is 4.09. The van der Waals surface area contributed by atoms with E-state index in [0.717, 1.165) is 0 Å². The molecule has 2 rings (SSSR count). The van der Waals surface area contributed by atoms with E-state index in [4.69, 9.17) is 9.47 Å². The van der Waals surface area contributed by atoms with Crippen molar-refractivity contribution < 1.29 is 17.9 Å². The molecule has 0 radical (unpaired) electrons. The van der Waals surface area contributed by atoms with Gasteiger partial charge in [0.1, 0.15) is 16.4 Å². The highest BCUT2D eigenvalue weighted by Crippen LogP contribution is 2.30. The minimum absolute atomic E-state index is 0.179. The Hall–Kier alpha value is -2.06. The largest absolute Gasteiger partial charge is 0.497 e. The Morgan fingerprint density at radius 2 is 2.00 bits per heavy atom. The van der Waals surface area contributed by atoms with Gasteiger partial charge in [-0.1, -0.05) is 0 Å². The van der Waals surface area contributed by atoms with E-state index in [2.05, 4.69) is 9.82 Å². The van der Waals surface area contributed by atoms with Crippen LogP contribution in [0.25, 0.3) is 0 Å². The zero-order valence-electron chi connectivity index (χ0n) is 14.5. The van der Waals surface area contributed by atoms with Gasteiger partial charge in [0.2, 0.25) is 10.0 Å². The van der Waals surface area contributed by atoms with Gasteiger partial charge in [-0.2, -0.15) is 5.10 Å². The number of aromatic nitrogens is 2. The highest BCUT2D eigenvalue weighted by Gasteiger charge is 2.24. The summed E-state index contributed by atoms with van der Waals surface area (Å²) in [4.78, 5) is 0.179. The van der Waals surface area contributed by atoms with Crippen molar-refractivity contribution >= 4 is 10.0 Å². The number of rotatable bonds is 7. The molecule has 132 valence electrons. The minimum Gasteiger partial charge on any atom is -0.497 e. The summed E-state index contributed by atoms with van der Waals surface area (Å²) < 4.78 is 40.2. The summed E-state index contributed by atoms with van der Waals surface area (Å²) in [5.41, 5.74) is 1.30. The zero-order chi connectivity index (χ0) is 17.9. The minimum atomic E-state index is -3.70. The number of nitrogens with one attached hydrogen (secondary N) is 1. The van der Waals surface area contributed by atoms with Crippen molar-refractivity contribution in [3.8, 4) is 11.5 Å². The molecule has 0 spiro atoms. The van der Waals surface area contributed by atoms with Crippen molar-refractivity contribution in [3.63, 3.8) is 0 Å². The van der Waals surface area contributed by atoms with Crippen molar-refractivity contribution in [2.45, 2.75) is 38.3 Å². The Balaban J connectivity index is 2.34. The third-order valence-electron chi connectivity index (χ3n) is 3.88. The predicted molar refractivity (Wildman–Crippen MR) is 90.9 cm³/mol. The summed E-state index contributed by atoms with van der Waals surface area (Å²) >= 11 is 0. The second kappa shape index (κ2) is 7.23. The average molecular weight is 353 g/mol. The van der Waals surface area contributed by atoms with E-state index in [9.17, 15) is 8.42 Å². The summed E-state index contributed by atoms with van der Waals surface area (Å²) in [6.07, 6.45) is 1.37. The van der Waals surface area contributed by atoms with Crippen LogP contribution in [-0.4, -0.2) is 32.4 Å². The van der Waals surface area contributed by atoms with Crippen molar-refractivity contribution in [2.24, 2.45) is 0 Å². The molecule has 24 heavy (non-hydrogen) atoms. The van der Waals surface area contributed by atoms with Crippen LogP contribution in [0.2, 0.25) is 0 Å². The number of methoxy groups -OCH3 is 2. The molecule has 0 bridgehead atoms. The first kappa shape index (κ1) is 18.3. The molecule has 1 heterocycles. The third kappa shape index (κ3) is 3.54. The summed E-state index contributed by atoms with van der Waals surface area (Å²) in [7, 11) is -0.600. The molecule has 0 saturated heterocycles. The van der Waals surface area contributed by atoms with Gasteiger partial charge in [-0.15, -0.1) is 0 Å². The second-order valence-electron chi connectivity index (χ2n) is 5.36. The van der Waals surface area contributed by atoms with Crippen LogP contribution in [0.4, 0.5) is 0 Å². The number of nitrogens with zero attached hydrogens (tertiary/aromatic N) is 2. The van der Waals surface area contributed by atoms with Crippen LogP contribution in [0.15, 0.2) is 29.3 Å². The number of benzene rings is 1. The maximum atomic E-state index is 12.7. The van der Waals surface area contributed by atoms with E-state index in [1.807, 2.05) is 6.92 Å². The lowest BCUT2D eigenvalue weighted by Crippen LogP contribution is -2.27. The van der Waals surface area contributed by atoms with Crippen LogP contribution < -0.4 is 14.2 Å². The molecule has 2 aromatic rings. The Bertz CT molecular complexity index is 815. The third-order valence-corrected chi connectivity index (χ3v) is 5.53. The van der Waals surface area contributed by atoms with Crippen molar-refractivity contribution in [2.75, 3.05) is 14.2 Å². The fourth-order valence-electron chi connectivity index (χ4n) is 2.55. The lowest BCUT2D eigenvalue weighted by Gasteiger charge is -2.18. The molecular formula is C16H23N3O4S. The maximum absolute atomic E-state index is 12.7. The summed E-state index contributed by atoms with van der Waals surface area (Å²) in [6.45, 7) is 6.02. The number of ether oxygens (including phenoxy) is 2. The molecular weight excluding hydrogens is 330 g/mol. The van der Waals surface area contributed by atoms with E-state index in [1.165, 1.54) is 6.20 Å². The predicted octanol–water partition coefficient (Wildman–Crippen LogP) is 2.27. The molecule has 1 aromatic carbocycles. The quantitative estimate of drug-likeness (QED) is 0.826. The Kier molecular flexibility index (Phi) is 5.51. The molecule has 0 aliphatic heterocycles. The van der Waals surface area contributed by atoms with E-state index >= 15 is 0 Å². The van der Waals surface area contributed by atoms with Crippen LogP contribution in [0.3, 0.4) is 0 Å². The van der Waals surface area contributed by atoms with Crippen molar-refractivity contribution in [1.29, 1.82) is 0 Å². The fraction of sp³-hybridized carbons (Fsp3) is 0.438. The van der Waals surface area contributed by atoms with Crippen LogP contribution in [0, 0.1) is 6.92 Å². The van der Waals surface area contributed by atoms with Gasteiger partial charge in [0, 0.05) is 18.2 Å². The highest BCUT2D eigenvalue weighted by molar-refractivity contribution is 7.89. The highest BCUT2D eigenvalue weighted by atomic mass is 32.2. The molecule has 1 N–H and O–H groups in total. The van der Waals surface area contributed by atoms with Crippen LogP contribution in [-0.2, 0) is 16.6 Å². The number of hydrogen-bond donors (Lipinski definition) is 1. The number of aryl methyl sites for hydroxylation is 1. The molecule has 0 aliphatic carbocycles. The second-order valence-corrected chi connectivity index (χ2v) is 7.04. The van der Waals surface area contributed by atoms with Gasteiger partial charge in [-0.3, -0.25) is 4.68 Å². The van der Waals surface area contributed by atoms with Gasteiger partial charge in [0.05, 0.1) is 26.1 Å². The normalized spacial score (nSPS) is 12.9. The van der Waals surface area contributed by atoms with E-state index in [0.29, 0.717) is 29.3 Å². The Labute approximate surface area is 142 Å². The van der Waals surface area contributed by atoms with Gasteiger partial charge in [0.15, 0.2) is 0 Å². The van der Waals surface area contributed by atoms with Crippen LogP contribution in [0.5, 0.6) is 11.5 Å². The number of hydrogen-bond acceptors (Lipinski definition) is 5. The first-order valence-corrected chi connectivity index (χ1v) is 9.09. The maximum Gasteiger partial charge on any atom is 0.244 e. The SMILES string of the molecule is CCn1ncc(S(=O)(=O)N[C@@H](C)c2cc(OC)ccc2OC)c1C. The summed E-state index contributed by atoms with van der Waals surface area (Å²) in [6, 6.07) is 4.77. The van der Waals surface area contributed by atoms with Gasteiger partial charge >= 0.3 is 0 Å². The standard InChI is InChI=1S/C16H23N3O4S/c1-6-19-12(3)16(10-17-19)24(20,21)18-11(2)14-9-13(22-4)7-8-15(14)23-5/h7-11,18H,6H2,1-5H3/t11-/m0/s1. The van der Waals surface area contributed by atoms with Crippen LogP contribution in [0.1, 0.15) is 31.1 Å². The molecule has 1 atom stereocenters. The lowest BCUT2D eigenvalue weighted by atomic mass is 10.1. The van der Waals surface area contributed by atoms with Crippen molar-refractivity contribution in [1.82, 2.24) is 14.5 Å². The van der Waals surface area contributed by atoms with Gasteiger partial charge in [-0.05, 0) is 39.0 Å². The van der Waals surface area contributed by atoms with Crippen molar-refractivity contribution in [3.05, 3.63) is 35.7 Å². The van der Waals surface area contributed by atoms with Gasteiger partial charge in [-0.25, -0.2) is 13.1 Å². The zero-order valence-corrected chi connectivity index (χ0v) is 15.3. The van der Waals surface area contributed by atoms with E-state index in [-0.39, 0.29) is 4.90 Å². The van der Waals surface area contributed by atoms with E-state index < -0.39 is 16.1 Å². The molecule has 7 nitrogen and oxygen atoms in total. The first-order valence-electron chi connectivity index (χ1n) is 7.60. The molecule has 0 amide bonds.